The van der Waals surface area contributed by atoms with E-state index in [1.165, 1.54) is 11.3 Å². The number of hydrogen-bond acceptors (Lipinski definition) is 7. The van der Waals surface area contributed by atoms with E-state index in [2.05, 4.69) is 4.99 Å². The monoisotopic (exact) mass is 438 g/mol. The summed E-state index contributed by atoms with van der Waals surface area (Å²) < 4.78 is 18.2. The number of rotatable bonds is 5. The van der Waals surface area contributed by atoms with Crippen LogP contribution in [-0.2, 0) is 9.53 Å². The van der Waals surface area contributed by atoms with Crippen LogP contribution in [0.5, 0.6) is 5.75 Å². The molecule has 0 fully saturated rings. The first-order chi connectivity index (χ1) is 14.9. The third-order valence-electron chi connectivity index (χ3n) is 4.98. The van der Waals surface area contributed by atoms with Crippen molar-refractivity contribution in [1.82, 2.24) is 4.57 Å². The third-order valence-corrected chi connectivity index (χ3v) is 5.97. The SMILES string of the molecule is CCOC(=O)C1=C(C)N=c2s/c(=C\c3ccc(C)o3)c(=O)n2[C@H]1c1ccc(OC)cc1. The molecule has 0 radical (unpaired) electrons. The summed E-state index contributed by atoms with van der Waals surface area (Å²) in [5.74, 6) is 1.55. The van der Waals surface area contributed by atoms with E-state index in [-0.39, 0.29) is 12.2 Å². The lowest BCUT2D eigenvalue weighted by Crippen LogP contribution is -2.39. The molecule has 0 saturated heterocycles. The van der Waals surface area contributed by atoms with Gasteiger partial charge in [0.2, 0.25) is 0 Å². The molecule has 1 aliphatic rings. The van der Waals surface area contributed by atoms with Gasteiger partial charge in [0.15, 0.2) is 4.80 Å². The topological polar surface area (TPSA) is 83.0 Å². The second kappa shape index (κ2) is 8.39. The van der Waals surface area contributed by atoms with Crippen molar-refractivity contribution >= 4 is 23.4 Å². The van der Waals surface area contributed by atoms with Crippen LogP contribution in [0.3, 0.4) is 0 Å². The summed E-state index contributed by atoms with van der Waals surface area (Å²) in [7, 11) is 1.59. The zero-order valence-electron chi connectivity index (χ0n) is 17.7. The number of ether oxygens (including phenoxy) is 2. The van der Waals surface area contributed by atoms with Crippen LogP contribution >= 0.6 is 11.3 Å². The van der Waals surface area contributed by atoms with E-state index in [0.717, 1.165) is 11.3 Å². The normalized spacial score (nSPS) is 16.1. The highest BCUT2D eigenvalue weighted by atomic mass is 32.1. The van der Waals surface area contributed by atoms with Gasteiger partial charge in [-0.1, -0.05) is 23.5 Å². The lowest BCUT2D eigenvalue weighted by molar-refractivity contribution is -0.139. The average Bonchev–Trinajstić information content (AvgIpc) is 3.30. The van der Waals surface area contributed by atoms with E-state index in [1.807, 2.05) is 31.2 Å². The second-order valence-electron chi connectivity index (χ2n) is 7.02. The molecular weight excluding hydrogens is 416 g/mol. The van der Waals surface area contributed by atoms with Crippen molar-refractivity contribution in [3.05, 3.63) is 84.4 Å². The minimum absolute atomic E-state index is 0.229. The van der Waals surface area contributed by atoms with Gasteiger partial charge in [0.25, 0.3) is 5.56 Å². The van der Waals surface area contributed by atoms with Crippen LogP contribution in [-0.4, -0.2) is 24.3 Å². The van der Waals surface area contributed by atoms with Gasteiger partial charge in [-0.3, -0.25) is 9.36 Å². The van der Waals surface area contributed by atoms with Crippen LogP contribution in [0.4, 0.5) is 0 Å². The molecule has 0 unspecified atom stereocenters. The van der Waals surface area contributed by atoms with Gasteiger partial charge in [-0.15, -0.1) is 0 Å². The van der Waals surface area contributed by atoms with Crippen LogP contribution in [0.15, 0.2) is 61.9 Å². The number of thiazole rings is 1. The molecule has 0 spiro atoms. The Labute approximate surface area is 182 Å². The number of hydrogen-bond donors (Lipinski definition) is 0. The molecule has 1 atom stereocenters. The minimum Gasteiger partial charge on any atom is -0.497 e. The number of esters is 1. The van der Waals surface area contributed by atoms with Crippen LogP contribution in [0.1, 0.15) is 37.0 Å². The molecule has 31 heavy (non-hydrogen) atoms. The van der Waals surface area contributed by atoms with Crippen LogP contribution < -0.4 is 19.6 Å². The summed E-state index contributed by atoms with van der Waals surface area (Å²) in [6.07, 6.45) is 1.70. The quantitative estimate of drug-likeness (QED) is 0.572. The maximum atomic E-state index is 13.4. The Morgan fingerprint density at radius 3 is 2.58 bits per heavy atom. The molecule has 2 aromatic heterocycles. The first kappa shape index (κ1) is 20.9. The fourth-order valence-electron chi connectivity index (χ4n) is 3.55. The molecule has 0 N–H and O–H groups in total. The summed E-state index contributed by atoms with van der Waals surface area (Å²) in [5, 5.41) is 0. The van der Waals surface area contributed by atoms with E-state index < -0.39 is 12.0 Å². The first-order valence-corrected chi connectivity index (χ1v) is 10.6. The number of aryl methyl sites for hydroxylation is 1. The molecule has 0 bridgehead atoms. The fraction of sp³-hybridized carbons (Fsp3) is 0.261. The number of benzene rings is 1. The number of furan rings is 1. The number of carbonyl (C=O) groups excluding carboxylic acids is 1. The van der Waals surface area contributed by atoms with Crippen molar-refractivity contribution in [1.29, 1.82) is 0 Å². The smallest absolute Gasteiger partial charge is 0.338 e. The first-order valence-electron chi connectivity index (χ1n) is 9.83. The summed E-state index contributed by atoms with van der Waals surface area (Å²) >= 11 is 1.26. The Hall–Kier alpha value is -3.39. The van der Waals surface area contributed by atoms with Crippen molar-refractivity contribution in [3.8, 4) is 5.75 Å². The van der Waals surface area contributed by atoms with Crippen molar-refractivity contribution in [2.75, 3.05) is 13.7 Å². The highest BCUT2D eigenvalue weighted by Crippen LogP contribution is 2.31. The molecular formula is C23H22N2O5S. The summed E-state index contributed by atoms with van der Waals surface area (Å²) in [6.45, 7) is 5.58. The van der Waals surface area contributed by atoms with Gasteiger partial charge in [0.1, 0.15) is 17.3 Å². The summed E-state index contributed by atoms with van der Waals surface area (Å²) in [6, 6.07) is 10.3. The zero-order valence-corrected chi connectivity index (χ0v) is 18.5. The molecule has 8 heteroatoms. The van der Waals surface area contributed by atoms with Crippen molar-refractivity contribution in [2.45, 2.75) is 26.8 Å². The zero-order chi connectivity index (χ0) is 22.1. The molecule has 7 nitrogen and oxygen atoms in total. The number of carbonyl (C=O) groups is 1. The molecule has 3 heterocycles. The maximum absolute atomic E-state index is 13.4. The van der Waals surface area contributed by atoms with Crippen LogP contribution in [0, 0.1) is 6.92 Å². The van der Waals surface area contributed by atoms with Crippen LogP contribution in [0.25, 0.3) is 6.08 Å². The van der Waals surface area contributed by atoms with Gasteiger partial charge in [-0.05, 0) is 50.6 Å². The Morgan fingerprint density at radius 1 is 1.23 bits per heavy atom. The molecule has 0 aliphatic carbocycles. The Balaban J connectivity index is 1.94. The van der Waals surface area contributed by atoms with Crippen LogP contribution in [0.2, 0.25) is 0 Å². The van der Waals surface area contributed by atoms with Gasteiger partial charge in [-0.2, -0.15) is 0 Å². The van der Waals surface area contributed by atoms with Crippen molar-refractivity contribution in [2.24, 2.45) is 4.99 Å². The highest BCUT2D eigenvalue weighted by Gasteiger charge is 2.33. The largest absolute Gasteiger partial charge is 0.497 e. The number of methoxy groups -OCH3 is 1. The van der Waals surface area contributed by atoms with Gasteiger partial charge in [0, 0.05) is 6.08 Å². The molecule has 1 aromatic carbocycles. The number of allylic oxidation sites excluding steroid dienone is 1. The number of aromatic nitrogens is 1. The van der Waals surface area contributed by atoms with E-state index in [1.54, 1.807) is 43.7 Å². The standard InChI is InChI=1S/C23H22N2O5S/c1-5-29-22(27)19-14(3)24-23-25(20(19)15-7-10-16(28-4)11-8-15)21(26)18(31-23)12-17-9-6-13(2)30-17/h6-12,20H,5H2,1-4H3/b18-12-/t20-/m0/s1. The Kier molecular flexibility index (Phi) is 5.65. The molecule has 160 valence electrons. The van der Waals surface area contributed by atoms with E-state index in [9.17, 15) is 9.59 Å². The second-order valence-corrected chi connectivity index (χ2v) is 8.03. The van der Waals surface area contributed by atoms with Gasteiger partial charge in [0.05, 0.1) is 35.6 Å². The minimum atomic E-state index is -0.651. The third kappa shape index (κ3) is 3.86. The lowest BCUT2D eigenvalue weighted by atomic mass is 9.96. The van der Waals surface area contributed by atoms with Crippen molar-refractivity contribution in [3.63, 3.8) is 0 Å². The lowest BCUT2D eigenvalue weighted by Gasteiger charge is -2.24. The van der Waals surface area contributed by atoms with E-state index >= 15 is 0 Å². The molecule has 1 aliphatic heterocycles. The number of fused-ring (bicyclic) bond motifs is 1. The predicted molar refractivity (Wildman–Crippen MR) is 117 cm³/mol. The Bertz CT molecular complexity index is 1340. The van der Waals surface area contributed by atoms with Gasteiger partial charge >= 0.3 is 5.97 Å². The average molecular weight is 439 g/mol. The van der Waals surface area contributed by atoms with Crippen molar-refractivity contribution < 1.29 is 18.7 Å². The van der Waals surface area contributed by atoms with E-state index in [4.69, 9.17) is 13.9 Å². The predicted octanol–water partition coefficient (Wildman–Crippen LogP) is 2.71. The van der Waals surface area contributed by atoms with Gasteiger partial charge < -0.3 is 13.9 Å². The maximum Gasteiger partial charge on any atom is 0.338 e. The highest BCUT2D eigenvalue weighted by molar-refractivity contribution is 7.07. The number of nitrogens with zero attached hydrogens (tertiary/aromatic N) is 2. The Morgan fingerprint density at radius 2 is 1.97 bits per heavy atom. The molecule has 0 amide bonds. The van der Waals surface area contributed by atoms with E-state index in [0.29, 0.717) is 32.1 Å². The molecule has 4 rings (SSSR count). The fourth-order valence-corrected chi connectivity index (χ4v) is 4.58. The summed E-state index contributed by atoms with van der Waals surface area (Å²) in [5.41, 5.74) is 1.40. The summed E-state index contributed by atoms with van der Waals surface area (Å²) in [4.78, 5) is 31.3. The van der Waals surface area contributed by atoms with Gasteiger partial charge in [-0.25, -0.2) is 9.79 Å². The molecule has 3 aromatic rings. The molecule has 0 saturated carbocycles.